The Kier molecular flexibility index (Phi) is 5.06. The molecule has 2 atom stereocenters. The van der Waals surface area contributed by atoms with E-state index in [1.165, 1.54) is 0 Å². The lowest BCUT2D eigenvalue weighted by atomic mass is 9.95. The fourth-order valence-corrected chi connectivity index (χ4v) is 3.52. The van der Waals surface area contributed by atoms with Crippen molar-refractivity contribution in [1.29, 1.82) is 0 Å². The fraction of sp³-hybridized carbons (Fsp3) is 0.136. The Morgan fingerprint density at radius 2 is 1.48 bits per heavy atom. The number of ether oxygens (including phenoxy) is 1. The first-order chi connectivity index (χ1) is 13.1. The van der Waals surface area contributed by atoms with Gasteiger partial charge in [-0.05, 0) is 47.5 Å². The van der Waals surface area contributed by atoms with Gasteiger partial charge >= 0.3 is 0 Å². The van der Waals surface area contributed by atoms with Crippen LogP contribution < -0.4 is 10.1 Å². The van der Waals surface area contributed by atoms with Crippen LogP contribution in [-0.4, -0.2) is 12.9 Å². The van der Waals surface area contributed by atoms with E-state index in [1.807, 2.05) is 72.8 Å². The zero-order chi connectivity index (χ0) is 18.8. The van der Waals surface area contributed by atoms with Crippen LogP contribution in [0.4, 0.5) is 0 Å². The lowest BCUT2D eigenvalue weighted by Gasteiger charge is -2.20. The minimum atomic E-state index is -0.0651. The van der Waals surface area contributed by atoms with Gasteiger partial charge in [0.15, 0.2) is 0 Å². The monoisotopic (exact) mass is 396 g/mol. The Balaban J connectivity index is 1.74. The second kappa shape index (κ2) is 7.63. The van der Waals surface area contributed by atoms with Crippen molar-refractivity contribution in [3.8, 4) is 5.75 Å². The van der Waals surface area contributed by atoms with Gasteiger partial charge in [0, 0.05) is 15.6 Å². The molecule has 136 valence electrons. The summed E-state index contributed by atoms with van der Waals surface area (Å²) < 4.78 is 5.35. The third kappa shape index (κ3) is 3.80. The zero-order valence-corrected chi connectivity index (χ0v) is 16.2. The van der Waals surface area contributed by atoms with Gasteiger partial charge in [-0.1, -0.05) is 59.6 Å². The number of hydrogen-bond acceptors (Lipinski definition) is 3. The summed E-state index contributed by atoms with van der Waals surface area (Å²) in [6.45, 7) is 0. The number of nitrogens with zero attached hydrogens (tertiary/aromatic N) is 1. The molecule has 0 radical (unpaired) electrons. The summed E-state index contributed by atoms with van der Waals surface area (Å²) in [6.07, 6.45) is 0. The molecule has 0 unspecified atom stereocenters. The molecule has 0 saturated carbocycles. The van der Waals surface area contributed by atoms with E-state index in [1.54, 1.807) is 7.11 Å². The second-order valence-electron chi connectivity index (χ2n) is 6.38. The van der Waals surface area contributed by atoms with Crippen molar-refractivity contribution in [2.45, 2.75) is 12.1 Å². The van der Waals surface area contributed by atoms with E-state index >= 15 is 0 Å². The minimum Gasteiger partial charge on any atom is -0.497 e. The van der Waals surface area contributed by atoms with Gasteiger partial charge in [-0.15, -0.1) is 0 Å². The molecule has 1 aliphatic heterocycles. The van der Waals surface area contributed by atoms with Crippen LogP contribution in [0.5, 0.6) is 5.75 Å². The number of hydrogen-bond donors (Lipinski definition) is 1. The highest BCUT2D eigenvalue weighted by Gasteiger charge is 2.31. The molecule has 1 aliphatic rings. The van der Waals surface area contributed by atoms with E-state index in [0.717, 1.165) is 28.3 Å². The van der Waals surface area contributed by atoms with Crippen molar-refractivity contribution in [2.75, 3.05) is 7.11 Å². The van der Waals surface area contributed by atoms with Crippen LogP contribution in [0.2, 0.25) is 10.0 Å². The molecule has 0 spiro atoms. The van der Waals surface area contributed by atoms with Gasteiger partial charge in [0.2, 0.25) is 0 Å². The Morgan fingerprint density at radius 3 is 2.11 bits per heavy atom. The third-order valence-electron chi connectivity index (χ3n) is 4.66. The number of rotatable bonds is 4. The van der Waals surface area contributed by atoms with Crippen LogP contribution in [0, 0.1) is 0 Å². The van der Waals surface area contributed by atoms with E-state index in [2.05, 4.69) is 5.32 Å². The van der Waals surface area contributed by atoms with Crippen LogP contribution in [0.25, 0.3) is 0 Å². The summed E-state index contributed by atoms with van der Waals surface area (Å²) in [4.78, 5) is 4.99. The van der Waals surface area contributed by atoms with Crippen molar-refractivity contribution < 1.29 is 4.74 Å². The molecule has 0 fully saturated rings. The topological polar surface area (TPSA) is 33.6 Å². The number of benzene rings is 3. The highest BCUT2D eigenvalue weighted by Crippen LogP contribution is 2.38. The first-order valence-electron chi connectivity index (χ1n) is 8.64. The summed E-state index contributed by atoms with van der Waals surface area (Å²) >= 11 is 12.1. The average Bonchev–Trinajstić information content (AvgIpc) is 3.14. The highest BCUT2D eigenvalue weighted by atomic mass is 35.5. The molecule has 1 N–H and O–H groups in total. The molecule has 4 rings (SSSR count). The Bertz CT molecular complexity index is 968. The average molecular weight is 397 g/mol. The van der Waals surface area contributed by atoms with Crippen molar-refractivity contribution in [2.24, 2.45) is 4.99 Å². The van der Waals surface area contributed by atoms with Crippen molar-refractivity contribution in [1.82, 2.24) is 5.32 Å². The molecule has 0 aliphatic carbocycles. The normalized spacial score (nSPS) is 18.7. The molecular weight excluding hydrogens is 379 g/mol. The highest BCUT2D eigenvalue weighted by molar-refractivity contribution is 6.30. The number of nitrogens with one attached hydrogen (secondary N) is 1. The molecule has 0 aromatic heterocycles. The first kappa shape index (κ1) is 17.9. The van der Waals surface area contributed by atoms with Gasteiger partial charge in [0.05, 0.1) is 13.2 Å². The molecule has 3 nitrogen and oxygen atoms in total. The number of halogens is 2. The predicted molar refractivity (Wildman–Crippen MR) is 111 cm³/mol. The fourth-order valence-electron chi connectivity index (χ4n) is 3.27. The maximum absolute atomic E-state index is 6.07. The largest absolute Gasteiger partial charge is 0.497 e. The van der Waals surface area contributed by atoms with Crippen molar-refractivity contribution >= 4 is 29.0 Å². The molecule has 0 saturated heterocycles. The third-order valence-corrected chi connectivity index (χ3v) is 5.16. The van der Waals surface area contributed by atoms with Crippen LogP contribution in [0.3, 0.4) is 0 Å². The maximum atomic E-state index is 6.07. The standard InChI is InChI=1S/C22H18Cl2N2O/c1-27-19-4-2-3-16(13-19)22-25-20(14-5-9-17(23)10-6-14)21(26-22)15-7-11-18(24)12-8-15/h2-13,20-21H,1H3,(H,25,26)/t20-,21+. The molecule has 27 heavy (non-hydrogen) atoms. The zero-order valence-electron chi connectivity index (χ0n) is 14.7. The summed E-state index contributed by atoms with van der Waals surface area (Å²) in [5, 5.41) is 5.01. The molecule has 0 amide bonds. The van der Waals surface area contributed by atoms with Gasteiger partial charge in [-0.25, -0.2) is 0 Å². The first-order valence-corrected chi connectivity index (χ1v) is 9.39. The molecule has 1 heterocycles. The van der Waals surface area contributed by atoms with E-state index in [-0.39, 0.29) is 12.1 Å². The van der Waals surface area contributed by atoms with Gasteiger partial charge in [-0.3, -0.25) is 4.99 Å². The maximum Gasteiger partial charge on any atom is 0.129 e. The summed E-state index contributed by atoms with van der Waals surface area (Å²) in [5.41, 5.74) is 3.22. The number of amidine groups is 1. The Morgan fingerprint density at radius 1 is 0.852 bits per heavy atom. The summed E-state index contributed by atoms with van der Waals surface area (Å²) in [6, 6.07) is 23.6. The second-order valence-corrected chi connectivity index (χ2v) is 7.25. The van der Waals surface area contributed by atoms with Crippen LogP contribution >= 0.6 is 23.2 Å². The summed E-state index contributed by atoms with van der Waals surface area (Å²) in [7, 11) is 1.66. The predicted octanol–water partition coefficient (Wildman–Crippen LogP) is 5.83. The van der Waals surface area contributed by atoms with E-state index in [9.17, 15) is 0 Å². The Labute approximate surface area is 168 Å². The molecular formula is C22H18Cl2N2O. The quantitative estimate of drug-likeness (QED) is 0.601. The van der Waals surface area contributed by atoms with Gasteiger partial charge in [0.1, 0.15) is 17.6 Å². The van der Waals surface area contributed by atoms with Gasteiger partial charge in [0.25, 0.3) is 0 Å². The van der Waals surface area contributed by atoms with E-state index in [4.69, 9.17) is 32.9 Å². The lowest BCUT2D eigenvalue weighted by Crippen LogP contribution is -2.25. The number of aliphatic imine (C=N–C) groups is 1. The molecule has 3 aromatic rings. The molecule has 0 bridgehead atoms. The van der Waals surface area contributed by atoms with Gasteiger partial charge < -0.3 is 10.1 Å². The lowest BCUT2D eigenvalue weighted by molar-refractivity contribution is 0.414. The van der Waals surface area contributed by atoms with Crippen molar-refractivity contribution in [3.05, 3.63) is 99.5 Å². The SMILES string of the molecule is COc1cccc(C2=N[C@H](c3ccc(Cl)cc3)[C@H](c3ccc(Cl)cc3)N2)c1. The van der Waals surface area contributed by atoms with Crippen LogP contribution in [0.1, 0.15) is 28.8 Å². The van der Waals surface area contributed by atoms with Crippen molar-refractivity contribution in [3.63, 3.8) is 0 Å². The number of methoxy groups -OCH3 is 1. The minimum absolute atomic E-state index is 0.00430. The Hall–Kier alpha value is -2.49. The smallest absolute Gasteiger partial charge is 0.129 e. The van der Waals surface area contributed by atoms with Crippen LogP contribution in [0.15, 0.2) is 77.8 Å². The van der Waals surface area contributed by atoms with E-state index in [0.29, 0.717) is 10.0 Å². The molecule has 3 aromatic carbocycles. The molecule has 5 heteroatoms. The van der Waals surface area contributed by atoms with E-state index < -0.39 is 0 Å². The van der Waals surface area contributed by atoms with Crippen LogP contribution in [-0.2, 0) is 0 Å². The summed E-state index contributed by atoms with van der Waals surface area (Å²) in [5.74, 6) is 1.64. The van der Waals surface area contributed by atoms with Gasteiger partial charge in [-0.2, -0.15) is 0 Å².